The SMILES string of the molecule is C.CS(=O)(=O)c1ccccc1-c1nn(-c2ccccc2)cc1-c1ccc(Cl)cc1.NC(O)=S.NC(O)=S.O. The molecule has 204 valence electrons. The molecule has 0 amide bonds. The molecular formula is C25H29ClN4O5S3. The maximum absolute atomic E-state index is 12.3. The van der Waals surface area contributed by atoms with Gasteiger partial charge in [0.2, 0.25) is 0 Å². The number of nitrogens with zero attached hydrogens (tertiary/aromatic N) is 2. The Kier molecular flexibility index (Phi) is 14.2. The summed E-state index contributed by atoms with van der Waals surface area (Å²) >= 11 is 13.8. The number of nitrogens with two attached hydrogens (primary N) is 2. The molecule has 38 heavy (non-hydrogen) atoms. The fourth-order valence-corrected chi connectivity index (χ4v) is 4.13. The first-order valence-corrected chi connectivity index (χ1v) is 13.2. The van der Waals surface area contributed by atoms with Gasteiger partial charge in [-0.2, -0.15) is 5.10 Å². The van der Waals surface area contributed by atoms with Crippen molar-refractivity contribution in [2.24, 2.45) is 11.5 Å². The maximum atomic E-state index is 12.3. The summed E-state index contributed by atoms with van der Waals surface area (Å²) in [6.07, 6.45) is 3.12. The Hall–Kier alpha value is -3.55. The van der Waals surface area contributed by atoms with Gasteiger partial charge in [-0.1, -0.05) is 67.6 Å². The van der Waals surface area contributed by atoms with E-state index >= 15 is 0 Å². The van der Waals surface area contributed by atoms with Crippen molar-refractivity contribution in [3.05, 3.63) is 90.1 Å². The predicted octanol–water partition coefficient (Wildman–Crippen LogP) is 4.65. The lowest BCUT2D eigenvalue weighted by atomic mass is 10.0. The summed E-state index contributed by atoms with van der Waals surface area (Å²) < 4.78 is 26.5. The number of aliphatic hydroxyl groups excluding tert-OH is 2. The van der Waals surface area contributed by atoms with Crippen molar-refractivity contribution < 1.29 is 24.1 Å². The molecule has 0 unspecified atom stereocenters. The lowest BCUT2D eigenvalue weighted by Crippen LogP contribution is -2.03. The van der Waals surface area contributed by atoms with Crippen LogP contribution < -0.4 is 11.5 Å². The van der Waals surface area contributed by atoms with Gasteiger partial charge in [-0.25, -0.2) is 13.1 Å². The van der Waals surface area contributed by atoms with Crippen LogP contribution in [0.1, 0.15) is 7.43 Å². The van der Waals surface area contributed by atoms with Crippen molar-refractivity contribution in [1.29, 1.82) is 0 Å². The highest BCUT2D eigenvalue weighted by atomic mass is 35.5. The average Bonchev–Trinajstić information content (AvgIpc) is 3.24. The first kappa shape index (κ1) is 34.5. The summed E-state index contributed by atoms with van der Waals surface area (Å²) in [5.41, 5.74) is 12.6. The Balaban J connectivity index is 0.00000121. The molecule has 0 aliphatic carbocycles. The number of rotatable bonds is 4. The third-order valence-electron chi connectivity index (χ3n) is 4.43. The Morgan fingerprint density at radius 3 is 1.84 bits per heavy atom. The average molecular weight is 597 g/mol. The smallest absolute Gasteiger partial charge is 0.251 e. The Bertz CT molecular complexity index is 1430. The van der Waals surface area contributed by atoms with E-state index in [1.165, 1.54) is 6.26 Å². The molecule has 3 aromatic carbocycles. The van der Waals surface area contributed by atoms with Crippen LogP contribution in [0.3, 0.4) is 0 Å². The normalized spacial score (nSPS) is 9.74. The molecular weight excluding hydrogens is 568 g/mol. The van der Waals surface area contributed by atoms with Crippen molar-refractivity contribution >= 4 is 56.2 Å². The molecule has 0 saturated carbocycles. The third-order valence-corrected chi connectivity index (χ3v) is 5.84. The minimum absolute atomic E-state index is 0. The molecule has 4 aromatic rings. The van der Waals surface area contributed by atoms with Crippen molar-refractivity contribution in [2.75, 3.05) is 6.26 Å². The summed E-state index contributed by atoms with van der Waals surface area (Å²) in [7, 11) is -3.41. The fraction of sp³-hybridized carbons (Fsp3) is 0.0800. The minimum atomic E-state index is -3.41. The van der Waals surface area contributed by atoms with Crippen LogP contribution in [0.4, 0.5) is 0 Å². The molecule has 0 bridgehead atoms. The number of benzene rings is 3. The van der Waals surface area contributed by atoms with Crippen LogP contribution in [0.15, 0.2) is 90.0 Å². The maximum Gasteiger partial charge on any atom is 0.251 e. The van der Waals surface area contributed by atoms with E-state index < -0.39 is 20.2 Å². The molecule has 1 aromatic heterocycles. The third kappa shape index (κ3) is 10.4. The number of sulfone groups is 1. The van der Waals surface area contributed by atoms with Gasteiger partial charge in [0.25, 0.3) is 10.3 Å². The van der Waals surface area contributed by atoms with Crippen LogP contribution in [-0.2, 0) is 9.84 Å². The van der Waals surface area contributed by atoms with E-state index in [9.17, 15) is 8.42 Å². The summed E-state index contributed by atoms with van der Waals surface area (Å²) in [4.78, 5) is 0.253. The van der Waals surface area contributed by atoms with E-state index in [1.807, 2.05) is 66.9 Å². The number of para-hydroxylation sites is 1. The molecule has 9 nitrogen and oxygen atoms in total. The van der Waals surface area contributed by atoms with E-state index in [4.69, 9.17) is 26.9 Å². The second kappa shape index (κ2) is 15.6. The minimum Gasteiger partial charge on any atom is -0.487 e. The van der Waals surface area contributed by atoms with Gasteiger partial charge in [-0.3, -0.25) is 0 Å². The van der Waals surface area contributed by atoms with Crippen LogP contribution in [0.5, 0.6) is 0 Å². The standard InChI is InChI=1S/C22H17ClN2O2S.2CH3NOS.CH4.H2O/c1-28(26,27)21-10-6-5-9-19(21)22-20(16-11-13-17(23)14-12-16)15-25(24-22)18-7-3-2-4-8-18;2*2-1(3)4;;/h2-15H,1H3;2*(H3,2,3,4);1H4;1H2. The van der Waals surface area contributed by atoms with E-state index in [0.29, 0.717) is 16.3 Å². The lowest BCUT2D eigenvalue weighted by molar-refractivity contribution is 0.559. The van der Waals surface area contributed by atoms with E-state index in [0.717, 1.165) is 16.8 Å². The highest BCUT2D eigenvalue weighted by Crippen LogP contribution is 2.35. The Morgan fingerprint density at radius 2 is 1.34 bits per heavy atom. The van der Waals surface area contributed by atoms with Crippen LogP contribution in [0.2, 0.25) is 5.02 Å². The Morgan fingerprint density at radius 1 is 0.868 bits per heavy atom. The zero-order valence-electron chi connectivity index (χ0n) is 19.4. The van der Waals surface area contributed by atoms with Crippen LogP contribution in [0.25, 0.3) is 28.1 Å². The van der Waals surface area contributed by atoms with Crippen molar-refractivity contribution in [2.45, 2.75) is 12.3 Å². The fourth-order valence-electron chi connectivity index (χ4n) is 3.11. The highest BCUT2D eigenvalue weighted by Gasteiger charge is 2.20. The van der Waals surface area contributed by atoms with Crippen LogP contribution in [-0.4, -0.2) is 50.5 Å². The molecule has 4 rings (SSSR count). The monoisotopic (exact) mass is 596 g/mol. The van der Waals surface area contributed by atoms with Gasteiger partial charge in [0.15, 0.2) is 9.84 Å². The molecule has 8 N–H and O–H groups in total. The first-order valence-electron chi connectivity index (χ1n) is 10.1. The lowest BCUT2D eigenvalue weighted by Gasteiger charge is -2.08. The van der Waals surface area contributed by atoms with Crippen molar-refractivity contribution in [1.82, 2.24) is 9.78 Å². The molecule has 0 aliphatic rings. The van der Waals surface area contributed by atoms with Crippen LogP contribution >= 0.6 is 36.0 Å². The van der Waals surface area contributed by atoms with Gasteiger partial charge < -0.3 is 27.2 Å². The molecule has 0 atom stereocenters. The van der Waals surface area contributed by atoms with Gasteiger partial charge >= 0.3 is 0 Å². The highest BCUT2D eigenvalue weighted by molar-refractivity contribution is 7.90. The molecule has 0 saturated heterocycles. The number of aliphatic hydroxyl groups is 2. The molecule has 0 fully saturated rings. The number of hydrogen-bond donors (Lipinski definition) is 4. The predicted molar refractivity (Wildman–Crippen MR) is 162 cm³/mol. The molecule has 0 spiro atoms. The van der Waals surface area contributed by atoms with Gasteiger partial charge in [0.05, 0.1) is 10.6 Å². The van der Waals surface area contributed by atoms with E-state index in [1.54, 1.807) is 22.9 Å². The number of thiocarbonyl (C=S) groups is 2. The summed E-state index contributed by atoms with van der Waals surface area (Å²) in [5.74, 6) is 0. The van der Waals surface area contributed by atoms with Crippen molar-refractivity contribution in [3.63, 3.8) is 0 Å². The first-order chi connectivity index (χ1) is 16.9. The van der Waals surface area contributed by atoms with Gasteiger partial charge in [-0.15, -0.1) is 0 Å². The van der Waals surface area contributed by atoms with Crippen molar-refractivity contribution in [3.8, 4) is 28.1 Å². The topological polar surface area (TPSA) is 176 Å². The molecule has 1 heterocycles. The summed E-state index contributed by atoms with van der Waals surface area (Å²) in [6.45, 7) is 0. The largest absolute Gasteiger partial charge is 0.487 e. The van der Waals surface area contributed by atoms with Crippen LogP contribution in [0, 0.1) is 0 Å². The van der Waals surface area contributed by atoms with Gasteiger partial charge in [0.1, 0.15) is 5.69 Å². The number of hydrogen-bond acceptors (Lipinski definition) is 5. The molecule has 13 heteroatoms. The van der Waals surface area contributed by atoms with E-state index in [2.05, 4.69) is 35.9 Å². The number of halogens is 1. The van der Waals surface area contributed by atoms with E-state index in [-0.39, 0.29) is 17.8 Å². The molecule has 0 radical (unpaired) electrons. The van der Waals surface area contributed by atoms with Gasteiger partial charge in [0, 0.05) is 28.6 Å². The number of aromatic nitrogens is 2. The summed E-state index contributed by atoms with van der Waals surface area (Å²) in [6, 6.07) is 24.1. The quantitative estimate of drug-likeness (QED) is 0.244. The zero-order chi connectivity index (χ0) is 26.9. The van der Waals surface area contributed by atoms with Gasteiger partial charge in [-0.05, 0) is 60.3 Å². The second-order valence-corrected chi connectivity index (χ2v) is 10.4. The second-order valence-electron chi connectivity index (χ2n) is 7.12. The zero-order valence-corrected chi connectivity index (χ0v) is 22.7. The summed E-state index contributed by atoms with van der Waals surface area (Å²) in [5, 5.41) is 19.5. The Labute approximate surface area is 237 Å². The molecule has 0 aliphatic heterocycles.